The van der Waals surface area contributed by atoms with E-state index in [9.17, 15) is 18.0 Å². The van der Waals surface area contributed by atoms with Crippen LogP contribution in [0.25, 0.3) is 0 Å². The molecule has 3 aromatic carbocycles. The lowest BCUT2D eigenvalue weighted by molar-refractivity contribution is -0.140. The molecule has 1 atom stereocenters. The Morgan fingerprint density at radius 1 is 0.947 bits per heavy atom. The Kier molecular flexibility index (Phi) is 10.1. The van der Waals surface area contributed by atoms with Crippen LogP contribution < -0.4 is 9.62 Å². The lowest BCUT2D eigenvalue weighted by Crippen LogP contribution is -2.53. The fourth-order valence-electron chi connectivity index (χ4n) is 4.16. The standard InChI is InChI=1S/C29H34BrN3O4S/c1-5-27(29(35)31-21(2)3)32(19-23-11-9-10-22(4)18-23)28(34)20-33(25-16-14-24(30)15-17-25)38(36,37)26-12-7-6-8-13-26/h6-18,21,27H,5,19-20H2,1-4H3,(H,31,35). The maximum Gasteiger partial charge on any atom is 0.264 e. The van der Waals surface area contributed by atoms with Gasteiger partial charge >= 0.3 is 0 Å². The number of carbonyl (C=O) groups is 2. The number of anilines is 1. The summed E-state index contributed by atoms with van der Waals surface area (Å²) in [6, 6.07) is 21.6. The van der Waals surface area contributed by atoms with Crippen molar-refractivity contribution in [2.45, 2.75) is 57.6 Å². The van der Waals surface area contributed by atoms with Gasteiger partial charge in [-0.1, -0.05) is 70.9 Å². The van der Waals surface area contributed by atoms with Gasteiger partial charge in [-0.3, -0.25) is 13.9 Å². The molecular weight excluding hydrogens is 566 g/mol. The van der Waals surface area contributed by atoms with E-state index in [0.29, 0.717) is 12.1 Å². The van der Waals surface area contributed by atoms with Crippen molar-refractivity contribution in [2.75, 3.05) is 10.8 Å². The van der Waals surface area contributed by atoms with E-state index in [-0.39, 0.29) is 23.4 Å². The number of aryl methyl sites for hydroxylation is 1. The van der Waals surface area contributed by atoms with Crippen LogP contribution >= 0.6 is 15.9 Å². The summed E-state index contributed by atoms with van der Waals surface area (Å²) in [6.07, 6.45) is 0.375. The predicted molar refractivity (Wildman–Crippen MR) is 154 cm³/mol. The number of benzene rings is 3. The quantitative estimate of drug-likeness (QED) is 0.324. The molecular formula is C29H34BrN3O4S. The number of hydrogen-bond donors (Lipinski definition) is 1. The number of nitrogens with one attached hydrogen (secondary N) is 1. The molecule has 0 saturated carbocycles. The summed E-state index contributed by atoms with van der Waals surface area (Å²) >= 11 is 3.38. The van der Waals surface area contributed by atoms with E-state index in [1.54, 1.807) is 42.5 Å². The van der Waals surface area contributed by atoms with Crippen molar-refractivity contribution in [1.29, 1.82) is 0 Å². The zero-order valence-electron chi connectivity index (χ0n) is 22.1. The first kappa shape index (κ1) is 29.4. The van der Waals surface area contributed by atoms with E-state index in [0.717, 1.165) is 19.9 Å². The minimum absolute atomic E-state index is 0.0746. The van der Waals surface area contributed by atoms with Gasteiger partial charge in [-0.05, 0) is 69.2 Å². The van der Waals surface area contributed by atoms with Crippen LogP contribution in [0.15, 0.2) is 88.2 Å². The van der Waals surface area contributed by atoms with Gasteiger partial charge in [0.15, 0.2) is 0 Å². The van der Waals surface area contributed by atoms with Crippen LogP contribution in [0.2, 0.25) is 0 Å². The minimum atomic E-state index is -4.08. The average Bonchev–Trinajstić information content (AvgIpc) is 2.87. The van der Waals surface area contributed by atoms with Gasteiger partial charge in [0.05, 0.1) is 10.6 Å². The van der Waals surface area contributed by atoms with Gasteiger partial charge in [-0.25, -0.2) is 8.42 Å². The molecule has 9 heteroatoms. The summed E-state index contributed by atoms with van der Waals surface area (Å²) in [5.41, 5.74) is 2.23. The lowest BCUT2D eigenvalue weighted by atomic mass is 10.1. The summed E-state index contributed by atoms with van der Waals surface area (Å²) in [5, 5.41) is 2.90. The molecule has 202 valence electrons. The summed E-state index contributed by atoms with van der Waals surface area (Å²) in [7, 11) is -4.08. The number of carbonyl (C=O) groups excluding carboxylic acids is 2. The molecule has 0 fully saturated rings. The molecule has 0 spiro atoms. The van der Waals surface area contributed by atoms with Crippen LogP contribution in [0.1, 0.15) is 38.3 Å². The number of amides is 2. The summed E-state index contributed by atoms with van der Waals surface area (Å²) in [5.74, 6) is -0.746. The molecule has 0 heterocycles. The highest BCUT2D eigenvalue weighted by Gasteiger charge is 2.33. The van der Waals surface area contributed by atoms with E-state index >= 15 is 0 Å². The molecule has 1 N–H and O–H groups in total. The SMILES string of the molecule is CCC(C(=O)NC(C)C)N(Cc1cccc(C)c1)C(=O)CN(c1ccc(Br)cc1)S(=O)(=O)c1ccccc1. The van der Waals surface area contributed by atoms with E-state index in [2.05, 4.69) is 21.2 Å². The lowest BCUT2D eigenvalue weighted by Gasteiger charge is -2.33. The molecule has 0 aliphatic carbocycles. The second kappa shape index (κ2) is 13.1. The predicted octanol–water partition coefficient (Wildman–Crippen LogP) is 5.28. The molecule has 2 amide bonds. The van der Waals surface area contributed by atoms with Gasteiger partial charge in [0.25, 0.3) is 10.0 Å². The van der Waals surface area contributed by atoms with Crippen molar-refractivity contribution in [3.63, 3.8) is 0 Å². The van der Waals surface area contributed by atoms with Crippen molar-refractivity contribution in [2.24, 2.45) is 0 Å². The van der Waals surface area contributed by atoms with Crippen LogP contribution in [-0.2, 0) is 26.2 Å². The van der Waals surface area contributed by atoms with Crippen molar-refractivity contribution in [3.05, 3.63) is 94.5 Å². The first-order chi connectivity index (χ1) is 18.0. The Bertz CT molecular complexity index is 1350. The fourth-order valence-corrected chi connectivity index (χ4v) is 5.86. The zero-order valence-corrected chi connectivity index (χ0v) is 24.5. The summed E-state index contributed by atoms with van der Waals surface area (Å²) in [4.78, 5) is 28.7. The van der Waals surface area contributed by atoms with Crippen LogP contribution in [-0.4, -0.2) is 43.8 Å². The Balaban J connectivity index is 2.05. The van der Waals surface area contributed by atoms with Gasteiger partial charge in [0.1, 0.15) is 12.6 Å². The third-order valence-corrected chi connectivity index (χ3v) is 8.29. The fraction of sp³-hybridized carbons (Fsp3) is 0.310. The maximum atomic E-state index is 14.0. The van der Waals surface area contributed by atoms with E-state index in [4.69, 9.17) is 0 Å². The van der Waals surface area contributed by atoms with Gasteiger partial charge in [-0.2, -0.15) is 0 Å². The second-order valence-corrected chi connectivity index (χ2v) is 12.2. The second-order valence-electron chi connectivity index (χ2n) is 9.40. The molecule has 7 nitrogen and oxygen atoms in total. The largest absolute Gasteiger partial charge is 0.352 e. The number of sulfonamides is 1. The number of nitrogens with zero attached hydrogens (tertiary/aromatic N) is 2. The highest BCUT2D eigenvalue weighted by Crippen LogP contribution is 2.26. The zero-order chi connectivity index (χ0) is 27.9. The smallest absolute Gasteiger partial charge is 0.264 e. The van der Waals surface area contributed by atoms with Crippen LogP contribution in [0.3, 0.4) is 0 Å². The van der Waals surface area contributed by atoms with Crippen molar-refractivity contribution < 1.29 is 18.0 Å². The summed E-state index contributed by atoms with van der Waals surface area (Å²) < 4.78 is 29.4. The highest BCUT2D eigenvalue weighted by molar-refractivity contribution is 9.10. The number of hydrogen-bond acceptors (Lipinski definition) is 4. The Morgan fingerprint density at radius 3 is 2.18 bits per heavy atom. The van der Waals surface area contributed by atoms with E-state index in [1.807, 2.05) is 52.0 Å². The molecule has 3 aromatic rings. The minimum Gasteiger partial charge on any atom is -0.352 e. The molecule has 38 heavy (non-hydrogen) atoms. The van der Waals surface area contributed by atoms with Gasteiger partial charge < -0.3 is 10.2 Å². The van der Waals surface area contributed by atoms with Crippen molar-refractivity contribution >= 4 is 43.5 Å². The van der Waals surface area contributed by atoms with E-state index < -0.39 is 28.5 Å². The van der Waals surface area contributed by atoms with E-state index in [1.165, 1.54) is 17.0 Å². The molecule has 1 unspecified atom stereocenters. The molecule has 0 radical (unpaired) electrons. The third-order valence-electron chi connectivity index (χ3n) is 5.98. The topological polar surface area (TPSA) is 86.8 Å². The average molecular weight is 601 g/mol. The Hall–Kier alpha value is -3.17. The Morgan fingerprint density at radius 2 is 1.61 bits per heavy atom. The van der Waals surface area contributed by atoms with Crippen LogP contribution in [0, 0.1) is 6.92 Å². The normalized spacial score (nSPS) is 12.2. The first-order valence-electron chi connectivity index (χ1n) is 12.5. The first-order valence-corrected chi connectivity index (χ1v) is 14.7. The molecule has 0 aliphatic heterocycles. The Labute approximate surface area is 234 Å². The van der Waals surface area contributed by atoms with Gasteiger partial charge in [0.2, 0.25) is 11.8 Å². The molecule has 0 aromatic heterocycles. The van der Waals surface area contributed by atoms with Gasteiger partial charge in [-0.15, -0.1) is 0 Å². The number of halogens is 1. The van der Waals surface area contributed by atoms with Gasteiger partial charge in [0, 0.05) is 17.1 Å². The van der Waals surface area contributed by atoms with Crippen molar-refractivity contribution in [1.82, 2.24) is 10.2 Å². The molecule has 0 bridgehead atoms. The molecule has 0 aliphatic rings. The third kappa shape index (κ3) is 7.45. The maximum absolute atomic E-state index is 14.0. The highest BCUT2D eigenvalue weighted by atomic mass is 79.9. The number of rotatable bonds is 11. The monoisotopic (exact) mass is 599 g/mol. The van der Waals surface area contributed by atoms with Crippen LogP contribution in [0.4, 0.5) is 5.69 Å². The van der Waals surface area contributed by atoms with Crippen molar-refractivity contribution in [3.8, 4) is 0 Å². The summed E-state index contributed by atoms with van der Waals surface area (Å²) in [6.45, 7) is 7.23. The molecule has 0 saturated heterocycles. The molecule has 3 rings (SSSR count). The van der Waals surface area contributed by atoms with Crippen LogP contribution in [0.5, 0.6) is 0 Å².